The zero-order valence-electron chi connectivity index (χ0n) is 14.1. The Morgan fingerprint density at radius 1 is 1.24 bits per heavy atom. The van der Waals surface area contributed by atoms with Crippen LogP contribution in [0.2, 0.25) is 0 Å². The van der Waals surface area contributed by atoms with Crippen molar-refractivity contribution in [2.45, 2.75) is 26.4 Å². The fraction of sp³-hybridized carbons (Fsp3) is 0.263. The van der Waals surface area contributed by atoms with Gasteiger partial charge in [0.05, 0.1) is 12.4 Å². The topological polar surface area (TPSA) is 81.7 Å². The van der Waals surface area contributed by atoms with Crippen LogP contribution in [0.25, 0.3) is 11.0 Å². The van der Waals surface area contributed by atoms with Crippen LogP contribution in [0.15, 0.2) is 56.3 Å². The first-order chi connectivity index (χ1) is 12.0. The summed E-state index contributed by atoms with van der Waals surface area (Å²) in [5.74, 6) is 0.912. The zero-order valence-corrected chi connectivity index (χ0v) is 14.1. The van der Waals surface area contributed by atoms with Crippen LogP contribution in [0.5, 0.6) is 5.75 Å². The molecular weight excluding hydrogens is 322 g/mol. The molecule has 3 rings (SSSR count). The minimum atomic E-state index is -0.676. The van der Waals surface area contributed by atoms with Crippen LogP contribution >= 0.6 is 0 Å². The molecule has 25 heavy (non-hydrogen) atoms. The summed E-state index contributed by atoms with van der Waals surface area (Å²) in [6, 6.07) is 10.3. The second-order valence-electron chi connectivity index (χ2n) is 5.90. The third-order valence-electron chi connectivity index (χ3n) is 3.56. The molecule has 0 aliphatic carbocycles. The van der Waals surface area contributed by atoms with E-state index in [1.165, 1.54) is 6.07 Å². The SMILES string of the molecule is CC(C)Oc1ccc2cc(C(=O)NCCc3ccco3)c(=O)oc2c1. The van der Waals surface area contributed by atoms with Crippen LogP contribution < -0.4 is 15.7 Å². The summed E-state index contributed by atoms with van der Waals surface area (Å²) in [7, 11) is 0. The molecule has 1 amide bonds. The van der Waals surface area contributed by atoms with Crippen molar-refractivity contribution >= 4 is 16.9 Å². The third-order valence-corrected chi connectivity index (χ3v) is 3.56. The van der Waals surface area contributed by atoms with E-state index in [9.17, 15) is 9.59 Å². The molecule has 6 heteroatoms. The second kappa shape index (κ2) is 7.25. The van der Waals surface area contributed by atoms with E-state index in [4.69, 9.17) is 13.6 Å². The molecule has 0 aliphatic heterocycles. The lowest BCUT2D eigenvalue weighted by Crippen LogP contribution is -2.29. The Morgan fingerprint density at radius 3 is 2.80 bits per heavy atom. The van der Waals surface area contributed by atoms with E-state index < -0.39 is 11.5 Å². The number of benzene rings is 1. The highest BCUT2D eigenvalue weighted by Gasteiger charge is 2.14. The molecule has 0 spiro atoms. The first-order valence-corrected chi connectivity index (χ1v) is 8.08. The number of fused-ring (bicyclic) bond motifs is 1. The van der Waals surface area contributed by atoms with Crippen LogP contribution in [-0.2, 0) is 6.42 Å². The maximum atomic E-state index is 12.2. The van der Waals surface area contributed by atoms with Crippen LogP contribution in [0.1, 0.15) is 30.0 Å². The number of hydrogen-bond acceptors (Lipinski definition) is 5. The Hall–Kier alpha value is -3.02. The molecule has 1 aromatic carbocycles. The molecule has 0 fully saturated rings. The van der Waals surface area contributed by atoms with E-state index in [-0.39, 0.29) is 11.7 Å². The molecule has 2 aromatic heterocycles. The summed E-state index contributed by atoms with van der Waals surface area (Å²) in [6.45, 7) is 4.19. The number of nitrogens with one attached hydrogen (secondary N) is 1. The van der Waals surface area contributed by atoms with E-state index in [2.05, 4.69) is 5.32 Å². The molecule has 0 bridgehead atoms. The third kappa shape index (κ3) is 4.09. The molecule has 0 radical (unpaired) electrons. The summed E-state index contributed by atoms with van der Waals surface area (Å²) >= 11 is 0. The molecule has 3 aromatic rings. The van der Waals surface area contributed by atoms with E-state index in [1.807, 2.05) is 19.9 Å². The van der Waals surface area contributed by atoms with Gasteiger partial charge in [0.2, 0.25) is 0 Å². The van der Waals surface area contributed by atoms with Gasteiger partial charge >= 0.3 is 5.63 Å². The maximum absolute atomic E-state index is 12.2. The first kappa shape index (κ1) is 16.8. The number of carbonyl (C=O) groups excluding carboxylic acids is 1. The van der Waals surface area contributed by atoms with E-state index >= 15 is 0 Å². The Balaban J connectivity index is 1.75. The Labute approximate surface area is 144 Å². The Bertz CT molecular complexity index is 925. The van der Waals surface area contributed by atoms with Crippen molar-refractivity contribution in [2.24, 2.45) is 0 Å². The minimum absolute atomic E-state index is 0.0170. The maximum Gasteiger partial charge on any atom is 0.349 e. The number of hydrogen-bond donors (Lipinski definition) is 1. The average molecular weight is 341 g/mol. The van der Waals surface area contributed by atoms with Gasteiger partial charge in [-0.05, 0) is 44.2 Å². The summed E-state index contributed by atoms with van der Waals surface area (Å²) in [4.78, 5) is 24.3. The van der Waals surface area contributed by atoms with Gasteiger partial charge < -0.3 is 18.9 Å². The largest absolute Gasteiger partial charge is 0.491 e. The van der Waals surface area contributed by atoms with Crippen molar-refractivity contribution in [3.05, 3.63) is 64.4 Å². The fourth-order valence-electron chi connectivity index (χ4n) is 2.44. The fourth-order valence-corrected chi connectivity index (χ4v) is 2.44. The molecule has 0 atom stereocenters. The van der Waals surface area contributed by atoms with Gasteiger partial charge in [0.15, 0.2) is 0 Å². The highest BCUT2D eigenvalue weighted by atomic mass is 16.5. The van der Waals surface area contributed by atoms with Crippen LogP contribution in [0, 0.1) is 0 Å². The van der Waals surface area contributed by atoms with Gasteiger partial charge in [-0.15, -0.1) is 0 Å². The predicted octanol–water partition coefficient (Wildman–Crippen LogP) is 3.15. The molecule has 0 saturated heterocycles. The van der Waals surface area contributed by atoms with Crippen molar-refractivity contribution in [1.82, 2.24) is 5.32 Å². The van der Waals surface area contributed by atoms with Crippen LogP contribution in [0.4, 0.5) is 0 Å². The van der Waals surface area contributed by atoms with Gasteiger partial charge in [0, 0.05) is 24.4 Å². The van der Waals surface area contributed by atoms with Crippen molar-refractivity contribution < 1.29 is 18.4 Å². The van der Waals surface area contributed by atoms with Gasteiger partial charge in [0.25, 0.3) is 5.91 Å². The Kier molecular flexibility index (Phi) is 4.88. The molecule has 130 valence electrons. The lowest BCUT2D eigenvalue weighted by atomic mass is 10.1. The molecular formula is C19H19NO5. The standard InChI is InChI=1S/C19H19NO5/c1-12(2)24-15-6-5-13-10-16(19(22)25-17(13)11-15)18(21)20-8-7-14-4-3-9-23-14/h3-6,9-12H,7-8H2,1-2H3,(H,20,21). The quantitative estimate of drug-likeness (QED) is 0.697. The normalized spacial score (nSPS) is 11.0. The van der Waals surface area contributed by atoms with E-state index in [0.29, 0.717) is 29.7 Å². The molecule has 2 heterocycles. The molecule has 1 N–H and O–H groups in total. The summed E-state index contributed by atoms with van der Waals surface area (Å²) < 4.78 is 16.0. The van der Waals surface area contributed by atoms with Gasteiger partial charge in [-0.2, -0.15) is 0 Å². The van der Waals surface area contributed by atoms with Crippen molar-refractivity contribution in [3.63, 3.8) is 0 Å². The number of ether oxygens (including phenoxy) is 1. The van der Waals surface area contributed by atoms with Gasteiger partial charge in [-0.25, -0.2) is 4.79 Å². The number of rotatable bonds is 6. The van der Waals surface area contributed by atoms with E-state index in [1.54, 1.807) is 30.5 Å². The highest BCUT2D eigenvalue weighted by Crippen LogP contribution is 2.21. The highest BCUT2D eigenvalue weighted by molar-refractivity contribution is 5.96. The smallest absolute Gasteiger partial charge is 0.349 e. The monoisotopic (exact) mass is 341 g/mol. The zero-order chi connectivity index (χ0) is 17.8. The van der Waals surface area contributed by atoms with Crippen molar-refractivity contribution in [1.29, 1.82) is 0 Å². The molecule has 6 nitrogen and oxygen atoms in total. The summed E-state index contributed by atoms with van der Waals surface area (Å²) in [6.07, 6.45) is 2.14. The van der Waals surface area contributed by atoms with E-state index in [0.717, 1.165) is 5.76 Å². The van der Waals surface area contributed by atoms with Gasteiger partial charge in [0.1, 0.15) is 22.7 Å². The average Bonchev–Trinajstić information content (AvgIpc) is 3.06. The minimum Gasteiger partial charge on any atom is -0.491 e. The van der Waals surface area contributed by atoms with Crippen LogP contribution in [-0.4, -0.2) is 18.6 Å². The number of amides is 1. The summed E-state index contributed by atoms with van der Waals surface area (Å²) in [5, 5.41) is 3.36. The lowest BCUT2D eigenvalue weighted by Gasteiger charge is -2.10. The van der Waals surface area contributed by atoms with Gasteiger partial charge in [-0.3, -0.25) is 4.79 Å². The van der Waals surface area contributed by atoms with Crippen molar-refractivity contribution in [2.75, 3.05) is 6.54 Å². The first-order valence-electron chi connectivity index (χ1n) is 8.08. The number of furan rings is 1. The lowest BCUT2D eigenvalue weighted by molar-refractivity contribution is 0.0950. The van der Waals surface area contributed by atoms with Gasteiger partial charge in [-0.1, -0.05) is 0 Å². The van der Waals surface area contributed by atoms with Crippen molar-refractivity contribution in [3.8, 4) is 5.75 Å². The molecule has 0 unspecified atom stereocenters. The molecule has 0 saturated carbocycles. The predicted molar refractivity (Wildman–Crippen MR) is 93.0 cm³/mol. The summed E-state index contributed by atoms with van der Waals surface area (Å²) in [5.41, 5.74) is -0.315. The van der Waals surface area contributed by atoms with Crippen LogP contribution in [0.3, 0.4) is 0 Å². The Morgan fingerprint density at radius 2 is 2.08 bits per heavy atom. The second-order valence-corrected chi connectivity index (χ2v) is 5.90. The molecule has 0 aliphatic rings. The number of carbonyl (C=O) groups is 1.